The number of halogens is 1. The molecule has 5 rings (SSSR count). The van der Waals surface area contributed by atoms with Crippen LogP contribution in [0.15, 0.2) is 54.7 Å². The average Bonchev–Trinajstić information content (AvgIpc) is 3.43. The van der Waals surface area contributed by atoms with Crippen LogP contribution < -0.4 is 15.4 Å². The van der Waals surface area contributed by atoms with Crippen LogP contribution >= 0.6 is 11.6 Å². The second kappa shape index (κ2) is 15.2. The van der Waals surface area contributed by atoms with Crippen molar-refractivity contribution in [3.8, 4) is 5.75 Å². The highest BCUT2D eigenvalue weighted by molar-refractivity contribution is 6.32. The summed E-state index contributed by atoms with van der Waals surface area (Å²) in [4.78, 5) is 40.9. The molecule has 41 heavy (non-hydrogen) atoms. The number of nitrogens with zero attached hydrogens (tertiary/aromatic N) is 4. The fourth-order valence-electron chi connectivity index (χ4n) is 4.36. The molecule has 3 heterocycles. The van der Waals surface area contributed by atoms with Gasteiger partial charge in [0, 0.05) is 44.6 Å². The standard InChI is InChI=1S/C29H35ClN6O5/c1-2-40-20-27(37)35-13-6-12-31-29(39)25(16-21-8-4-3-5-9-21)32-28(38)22-10-11-26(24(30)17-22)41-15-7-14-36-19-23(18-35)33-34-36/h3-5,8-11,17,19,25H,2,6-7,12-16,18,20H2,1H3,(H,31,39)(H,32,38)/t25-/m0/s1. The van der Waals surface area contributed by atoms with E-state index in [0.717, 1.165) is 5.56 Å². The summed E-state index contributed by atoms with van der Waals surface area (Å²) in [6.45, 7) is 4.11. The Labute approximate surface area is 244 Å². The first-order chi connectivity index (χ1) is 19.9. The lowest BCUT2D eigenvalue weighted by atomic mass is 10.0. The van der Waals surface area contributed by atoms with Gasteiger partial charge in [0.15, 0.2) is 0 Å². The molecule has 0 unspecified atom stereocenters. The van der Waals surface area contributed by atoms with Crippen LogP contribution in [0.4, 0.5) is 0 Å². The fourth-order valence-corrected chi connectivity index (χ4v) is 4.60. The summed E-state index contributed by atoms with van der Waals surface area (Å²) in [6, 6.07) is 13.4. The lowest BCUT2D eigenvalue weighted by molar-refractivity contribution is -0.136. The van der Waals surface area contributed by atoms with Gasteiger partial charge in [0.2, 0.25) is 11.8 Å². The molecule has 2 N–H and O–H groups in total. The smallest absolute Gasteiger partial charge is 0.251 e. The predicted octanol–water partition coefficient (Wildman–Crippen LogP) is 2.63. The number of fused-ring (bicyclic) bond motifs is 14. The van der Waals surface area contributed by atoms with Gasteiger partial charge in [-0.15, -0.1) is 5.10 Å². The SMILES string of the molecule is CCOCC(=O)N1CCCNC(=O)[C@H](Cc2ccccc2)NC(=O)c2ccc(c(Cl)c2)OCCCn2cc(nn2)C1. The molecule has 12 heteroatoms. The molecule has 0 saturated carbocycles. The maximum atomic E-state index is 13.2. The largest absolute Gasteiger partial charge is 0.492 e. The van der Waals surface area contributed by atoms with Crippen LogP contribution in [0.25, 0.3) is 0 Å². The van der Waals surface area contributed by atoms with E-state index in [4.69, 9.17) is 21.1 Å². The summed E-state index contributed by atoms with van der Waals surface area (Å²) in [6.07, 6.45) is 3.25. The number of carbonyl (C=O) groups excluding carboxylic acids is 3. The Balaban J connectivity index is 1.53. The van der Waals surface area contributed by atoms with Crippen molar-refractivity contribution < 1.29 is 23.9 Å². The zero-order chi connectivity index (χ0) is 29.0. The molecule has 4 bridgehead atoms. The summed E-state index contributed by atoms with van der Waals surface area (Å²) in [7, 11) is 0. The number of hydrogen-bond donors (Lipinski definition) is 2. The molecule has 0 spiro atoms. The molecule has 1 atom stereocenters. The fraction of sp³-hybridized carbons (Fsp3) is 0.414. The minimum atomic E-state index is -0.820. The molecule has 11 nitrogen and oxygen atoms in total. The Hall–Kier alpha value is -3.96. The third kappa shape index (κ3) is 9.02. The zero-order valence-corrected chi connectivity index (χ0v) is 23.8. The maximum Gasteiger partial charge on any atom is 0.251 e. The quantitative estimate of drug-likeness (QED) is 0.473. The number of rotatable bonds is 5. The summed E-state index contributed by atoms with van der Waals surface area (Å²) < 4.78 is 12.9. The third-order valence-corrected chi connectivity index (χ3v) is 6.81. The van der Waals surface area contributed by atoms with E-state index in [-0.39, 0.29) is 25.0 Å². The van der Waals surface area contributed by atoms with Gasteiger partial charge in [0.25, 0.3) is 5.91 Å². The molecule has 2 aliphatic heterocycles. The molecule has 3 amide bonds. The van der Waals surface area contributed by atoms with Crippen LogP contribution in [0.3, 0.4) is 0 Å². The number of nitrogens with one attached hydrogen (secondary N) is 2. The molecule has 0 radical (unpaired) electrons. The topological polar surface area (TPSA) is 128 Å². The molecule has 0 saturated heterocycles. The number of amides is 3. The Morgan fingerprint density at radius 1 is 1.15 bits per heavy atom. The van der Waals surface area contributed by atoms with Crippen LogP contribution in [-0.4, -0.2) is 76.6 Å². The van der Waals surface area contributed by atoms with E-state index < -0.39 is 11.9 Å². The van der Waals surface area contributed by atoms with E-state index in [2.05, 4.69) is 20.9 Å². The van der Waals surface area contributed by atoms with Crippen LogP contribution in [0.1, 0.15) is 41.4 Å². The van der Waals surface area contributed by atoms with Gasteiger partial charge in [0.1, 0.15) is 24.1 Å². The normalized spacial score (nSPS) is 17.2. The lowest BCUT2D eigenvalue weighted by Gasteiger charge is -2.22. The molecule has 2 aromatic carbocycles. The van der Waals surface area contributed by atoms with E-state index >= 15 is 0 Å². The van der Waals surface area contributed by atoms with Crippen LogP contribution in [-0.2, 0) is 33.8 Å². The number of hydrogen-bond acceptors (Lipinski definition) is 7. The maximum absolute atomic E-state index is 13.2. The van der Waals surface area contributed by atoms with Gasteiger partial charge in [-0.1, -0.05) is 47.1 Å². The average molecular weight is 583 g/mol. The van der Waals surface area contributed by atoms with E-state index in [9.17, 15) is 14.4 Å². The van der Waals surface area contributed by atoms with Crippen LogP contribution in [0, 0.1) is 0 Å². The Bertz CT molecular complexity index is 1320. The van der Waals surface area contributed by atoms with Gasteiger partial charge >= 0.3 is 0 Å². The highest BCUT2D eigenvalue weighted by Gasteiger charge is 2.23. The molecule has 0 fully saturated rings. The second-order valence-corrected chi connectivity index (χ2v) is 10.0. The molecular formula is C29H35ClN6O5. The number of aromatic nitrogens is 3. The number of ether oxygens (including phenoxy) is 2. The monoisotopic (exact) mass is 582 g/mol. The van der Waals surface area contributed by atoms with Gasteiger partial charge in [-0.3, -0.25) is 19.1 Å². The molecule has 0 aliphatic carbocycles. The van der Waals surface area contributed by atoms with Crippen molar-refractivity contribution >= 4 is 29.3 Å². The third-order valence-electron chi connectivity index (χ3n) is 6.51. The van der Waals surface area contributed by atoms with E-state index in [0.29, 0.717) is 74.1 Å². The zero-order valence-electron chi connectivity index (χ0n) is 23.1. The first kappa shape index (κ1) is 30.0. The summed E-state index contributed by atoms with van der Waals surface area (Å²) in [5.74, 6) is -0.463. The molecule has 3 aromatic rings. The molecule has 218 valence electrons. The van der Waals surface area contributed by atoms with E-state index in [1.807, 2.05) is 37.3 Å². The van der Waals surface area contributed by atoms with Gasteiger partial charge in [0.05, 0.1) is 24.4 Å². The first-order valence-corrected chi connectivity index (χ1v) is 14.1. The van der Waals surface area contributed by atoms with Crippen molar-refractivity contribution in [2.24, 2.45) is 0 Å². The molecule has 2 aliphatic rings. The van der Waals surface area contributed by atoms with Gasteiger partial charge in [-0.2, -0.15) is 0 Å². The molecule has 1 aromatic heterocycles. The Morgan fingerprint density at radius 3 is 2.76 bits per heavy atom. The minimum Gasteiger partial charge on any atom is -0.492 e. The predicted molar refractivity (Wildman–Crippen MR) is 153 cm³/mol. The molecular weight excluding hydrogens is 548 g/mol. The first-order valence-electron chi connectivity index (χ1n) is 13.7. The van der Waals surface area contributed by atoms with Gasteiger partial charge in [-0.25, -0.2) is 0 Å². The van der Waals surface area contributed by atoms with Crippen molar-refractivity contribution in [2.75, 3.05) is 32.9 Å². The van der Waals surface area contributed by atoms with Crippen LogP contribution in [0.5, 0.6) is 5.75 Å². The van der Waals surface area contributed by atoms with Gasteiger partial charge in [-0.05, 0) is 37.1 Å². The van der Waals surface area contributed by atoms with Crippen molar-refractivity contribution in [1.29, 1.82) is 0 Å². The summed E-state index contributed by atoms with van der Waals surface area (Å²) in [5, 5.41) is 14.4. The van der Waals surface area contributed by atoms with Crippen LogP contribution in [0.2, 0.25) is 5.02 Å². The second-order valence-electron chi connectivity index (χ2n) is 9.63. The Kier molecular flexibility index (Phi) is 11.1. The van der Waals surface area contributed by atoms with Crippen molar-refractivity contribution in [3.63, 3.8) is 0 Å². The summed E-state index contributed by atoms with van der Waals surface area (Å²) in [5.41, 5.74) is 1.87. The van der Waals surface area contributed by atoms with E-state index in [1.165, 1.54) is 6.07 Å². The van der Waals surface area contributed by atoms with Crippen molar-refractivity contribution in [3.05, 3.63) is 76.6 Å². The number of benzene rings is 2. The minimum absolute atomic E-state index is 0.0399. The van der Waals surface area contributed by atoms with Crippen molar-refractivity contribution in [1.82, 2.24) is 30.5 Å². The Morgan fingerprint density at radius 2 is 1.98 bits per heavy atom. The highest BCUT2D eigenvalue weighted by atomic mass is 35.5. The number of carbonyl (C=O) groups is 3. The van der Waals surface area contributed by atoms with Gasteiger partial charge < -0.3 is 25.0 Å². The van der Waals surface area contributed by atoms with Crippen molar-refractivity contribution in [2.45, 2.75) is 45.3 Å². The number of aryl methyl sites for hydroxylation is 1. The lowest BCUT2D eigenvalue weighted by Crippen LogP contribution is -2.48. The highest BCUT2D eigenvalue weighted by Crippen LogP contribution is 2.26. The summed E-state index contributed by atoms with van der Waals surface area (Å²) >= 11 is 6.41. The van der Waals surface area contributed by atoms with E-state index in [1.54, 1.807) is 27.9 Å².